The lowest BCUT2D eigenvalue weighted by molar-refractivity contribution is -0.137. The predicted octanol–water partition coefficient (Wildman–Crippen LogP) is 2.74. The first-order valence-corrected chi connectivity index (χ1v) is 7.78. The Bertz CT molecular complexity index is 743. The van der Waals surface area contributed by atoms with Gasteiger partial charge in [-0.05, 0) is 5.56 Å². The number of carboxylic acids is 1. The lowest BCUT2D eigenvalue weighted by Gasteiger charge is -2.23. The Kier molecular flexibility index (Phi) is 4.78. The van der Waals surface area contributed by atoms with E-state index >= 15 is 0 Å². The molecule has 3 rings (SSSR count). The molecule has 0 saturated carbocycles. The maximum atomic E-state index is 13.7. The van der Waals surface area contributed by atoms with E-state index in [1.54, 1.807) is 0 Å². The van der Waals surface area contributed by atoms with Crippen LogP contribution in [0.4, 0.5) is 14.6 Å². The average molecular weight is 349 g/mol. The Balaban J connectivity index is 1.74. The molecule has 1 unspecified atom stereocenters. The fraction of sp³-hybridized carbons (Fsp3) is 0.353. The summed E-state index contributed by atoms with van der Waals surface area (Å²) in [5.41, 5.74) is 0.944. The summed E-state index contributed by atoms with van der Waals surface area (Å²) in [6.07, 6.45) is 0.341. The number of carbonyl (C=O) groups is 1. The number of carboxylic acid groups (broad SMARTS) is 1. The van der Waals surface area contributed by atoms with E-state index in [0.29, 0.717) is 0 Å². The summed E-state index contributed by atoms with van der Waals surface area (Å²) < 4.78 is 33.1. The minimum absolute atomic E-state index is 0.237. The van der Waals surface area contributed by atoms with Gasteiger partial charge < -0.3 is 14.7 Å². The number of hydrogen-bond acceptors (Lipinski definition) is 5. The van der Waals surface area contributed by atoms with Crippen molar-refractivity contribution >= 4 is 11.8 Å². The Morgan fingerprint density at radius 3 is 2.80 bits per heavy atom. The Morgan fingerprint density at radius 2 is 2.08 bits per heavy atom. The zero-order valence-corrected chi connectivity index (χ0v) is 13.3. The predicted molar refractivity (Wildman–Crippen MR) is 85.8 cm³/mol. The summed E-state index contributed by atoms with van der Waals surface area (Å²) in [6, 6.07) is 10.1. The molecule has 1 fully saturated rings. The Hall–Kier alpha value is -2.77. The van der Waals surface area contributed by atoms with E-state index < -0.39 is 30.9 Å². The number of ether oxygens (including phenoxy) is 1. The highest BCUT2D eigenvalue weighted by Gasteiger charge is 2.46. The van der Waals surface area contributed by atoms with Gasteiger partial charge in [0.1, 0.15) is 18.8 Å². The quantitative estimate of drug-likeness (QED) is 0.864. The van der Waals surface area contributed by atoms with E-state index in [1.165, 1.54) is 17.3 Å². The molecule has 25 heavy (non-hydrogen) atoms. The van der Waals surface area contributed by atoms with E-state index in [-0.39, 0.29) is 24.7 Å². The van der Waals surface area contributed by atoms with Crippen molar-refractivity contribution < 1.29 is 23.4 Å². The van der Waals surface area contributed by atoms with E-state index in [1.807, 2.05) is 30.3 Å². The molecule has 132 valence electrons. The van der Waals surface area contributed by atoms with Crippen LogP contribution in [0.1, 0.15) is 18.4 Å². The van der Waals surface area contributed by atoms with Crippen LogP contribution in [0.5, 0.6) is 5.88 Å². The van der Waals surface area contributed by atoms with Crippen LogP contribution in [0.2, 0.25) is 0 Å². The molecule has 1 saturated heterocycles. The second-order valence-electron chi connectivity index (χ2n) is 5.93. The van der Waals surface area contributed by atoms with Crippen LogP contribution in [0.3, 0.4) is 0 Å². The molecule has 1 aromatic carbocycles. The molecule has 1 atom stereocenters. The van der Waals surface area contributed by atoms with Crippen LogP contribution in [-0.2, 0) is 11.4 Å². The summed E-state index contributed by atoms with van der Waals surface area (Å²) in [4.78, 5) is 20.2. The van der Waals surface area contributed by atoms with Crippen LogP contribution >= 0.6 is 0 Å². The van der Waals surface area contributed by atoms with Crippen molar-refractivity contribution in [1.82, 2.24) is 9.97 Å². The largest absolute Gasteiger partial charge is 0.481 e. The molecule has 2 heterocycles. The third-order valence-electron chi connectivity index (χ3n) is 3.94. The molecular formula is C17H17F2N3O3. The minimum Gasteiger partial charge on any atom is -0.481 e. The van der Waals surface area contributed by atoms with Crippen molar-refractivity contribution in [2.75, 3.05) is 11.4 Å². The van der Waals surface area contributed by atoms with Gasteiger partial charge in [-0.1, -0.05) is 30.3 Å². The molecule has 1 N–H and O–H groups in total. The molecule has 1 aromatic heterocycles. The molecule has 6 nitrogen and oxygen atoms in total. The van der Waals surface area contributed by atoms with Crippen LogP contribution in [0.15, 0.2) is 42.7 Å². The SMILES string of the molecule is O=C(O)CC1CC(F)(F)CN1c1cc(OCc2ccccc2)ncn1. The number of aliphatic carboxylic acids is 1. The molecule has 0 bridgehead atoms. The first-order valence-electron chi connectivity index (χ1n) is 7.78. The molecule has 1 aliphatic heterocycles. The number of hydrogen-bond donors (Lipinski definition) is 1. The van der Waals surface area contributed by atoms with Gasteiger partial charge in [-0.3, -0.25) is 4.79 Å². The standard InChI is InChI=1S/C17H17F2N3O3/c18-17(19)8-13(6-16(23)24)22(10-17)14-7-15(21-11-20-14)25-9-12-4-2-1-3-5-12/h1-5,7,11,13H,6,8-10H2,(H,23,24). The summed E-state index contributed by atoms with van der Waals surface area (Å²) in [5.74, 6) is -3.59. The minimum atomic E-state index is -2.95. The van der Waals surface area contributed by atoms with Gasteiger partial charge in [-0.25, -0.2) is 18.7 Å². The lowest BCUT2D eigenvalue weighted by atomic mass is 10.1. The number of rotatable bonds is 6. The van der Waals surface area contributed by atoms with E-state index in [4.69, 9.17) is 9.84 Å². The maximum Gasteiger partial charge on any atom is 0.305 e. The normalized spacial score (nSPS) is 19.0. The molecule has 0 radical (unpaired) electrons. The van der Waals surface area contributed by atoms with Crippen LogP contribution < -0.4 is 9.64 Å². The number of halogens is 2. The number of benzene rings is 1. The number of aromatic nitrogens is 2. The summed E-state index contributed by atoms with van der Waals surface area (Å²) in [7, 11) is 0. The highest BCUT2D eigenvalue weighted by molar-refractivity contribution is 5.68. The Morgan fingerprint density at radius 1 is 1.32 bits per heavy atom. The first kappa shape index (κ1) is 17.1. The van der Waals surface area contributed by atoms with Gasteiger partial charge in [0.15, 0.2) is 0 Å². The van der Waals surface area contributed by atoms with E-state index in [0.717, 1.165) is 5.56 Å². The van der Waals surface area contributed by atoms with Crippen molar-refractivity contribution in [1.29, 1.82) is 0 Å². The summed E-state index contributed by atoms with van der Waals surface area (Å²) in [6.45, 7) is -0.286. The molecule has 2 aromatic rings. The monoisotopic (exact) mass is 349 g/mol. The number of anilines is 1. The van der Waals surface area contributed by atoms with Crippen LogP contribution in [0.25, 0.3) is 0 Å². The zero-order chi connectivity index (χ0) is 17.9. The first-order chi connectivity index (χ1) is 11.9. The van der Waals surface area contributed by atoms with Gasteiger partial charge in [0.25, 0.3) is 5.92 Å². The van der Waals surface area contributed by atoms with Gasteiger partial charge in [-0.15, -0.1) is 0 Å². The number of alkyl halides is 2. The second-order valence-corrected chi connectivity index (χ2v) is 5.93. The second kappa shape index (κ2) is 7.00. The highest BCUT2D eigenvalue weighted by atomic mass is 19.3. The molecule has 8 heteroatoms. The molecule has 1 aliphatic rings. The molecular weight excluding hydrogens is 332 g/mol. The maximum absolute atomic E-state index is 13.7. The lowest BCUT2D eigenvalue weighted by Crippen LogP contribution is -2.32. The van der Waals surface area contributed by atoms with Gasteiger partial charge in [0.2, 0.25) is 5.88 Å². The number of nitrogens with zero attached hydrogens (tertiary/aromatic N) is 3. The van der Waals surface area contributed by atoms with Gasteiger partial charge in [0, 0.05) is 18.5 Å². The molecule has 0 amide bonds. The van der Waals surface area contributed by atoms with Gasteiger partial charge in [-0.2, -0.15) is 0 Å². The zero-order valence-electron chi connectivity index (χ0n) is 13.3. The van der Waals surface area contributed by atoms with Crippen molar-refractivity contribution in [3.8, 4) is 5.88 Å². The third kappa shape index (κ3) is 4.40. The smallest absolute Gasteiger partial charge is 0.305 e. The van der Waals surface area contributed by atoms with Crippen molar-refractivity contribution in [2.45, 2.75) is 31.4 Å². The molecule has 0 spiro atoms. The summed E-state index contributed by atoms with van der Waals surface area (Å²) >= 11 is 0. The van der Waals surface area contributed by atoms with Gasteiger partial charge in [0.05, 0.1) is 13.0 Å². The third-order valence-corrected chi connectivity index (χ3v) is 3.94. The highest BCUT2D eigenvalue weighted by Crippen LogP contribution is 2.36. The fourth-order valence-electron chi connectivity index (χ4n) is 2.85. The van der Waals surface area contributed by atoms with Crippen LogP contribution in [-0.4, -0.2) is 39.6 Å². The van der Waals surface area contributed by atoms with Crippen molar-refractivity contribution in [2.24, 2.45) is 0 Å². The topological polar surface area (TPSA) is 75.5 Å². The fourth-order valence-corrected chi connectivity index (χ4v) is 2.85. The van der Waals surface area contributed by atoms with Crippen molar-refractivity contribution in [3.63, 3.8) is 0 Å². The van der Waals surface area contributed by atoms with Crippen molar-refractivity contribution in [3.05, 3.63) is 48.3 Å². The molecule has 0 aliphatic carbocycles. The van der Waals surface area contributed by atoms with Crippen LogP contribution in [0, 0.1) is 0 Å². The summed E-state index contributed by atoms with van der Waals surface area (Å²) in [5, 5.41) is 8.94. The average Bonchev–Trinajstić information content (AvgIpc) is 2.88. The van der Waals surface area contributed by atoms with Gasteiger partial charge >= 0.3 is 5.97 Å². The van der Waals surface area contributed by atoms with E-state index in [2.05, 4.69) is 9.97 Å². The van der Waals surface area contributed by atoms with E-state index in [9.17, 15) is 13.6 Å². The Labute approximate surface area is 143 Å².